The van der Waals surface area contributed by atoms with Crippen molar-refractivity contribution < 1.29 is 19.0 Å². The molecule has 1 aliphatic rings. The number of carbonyl (C=O) groups excluding carboxylic acids is 1. The fraction of sp³-hybridized carbons (Fsp3) is 0.182. The van der Waals surface area contributed by atoms with Crippen LogP contribution in [0.4, 0.5) is 5.69 Å². The molecule has 1 aromatic heterocycles. The Labute approximate surface area is 173 Å². The van der Waals surface area contributed by atoms with E-state index in [0.717, 1.165) is 12.0 Å². The Hall–Kier alpha value is -3.25. The second-order valence-electron chi connectivity index (χ2n) is 6.44. The first-order chi connectivity index (χ1) is 14.1. The molecule has 1 N–H and O–H groups in total. The van der Waals surface area contributed by atoms with Gasteiger partial charge in [-0.15, -0.1) is 0 Å². The minimum absolute atomic E-state index is 0.267. The maximum absolute atomic E-state index is 12.6. The molecular formula is C22H19ClN2O4. The van der Waals surface area contributed by atoms with Crippen molar-refractivity contribution in [3.8, 4) is 28.5 Å². The predicted molar refractivity (Wildman–Crippen MR) is 111 cm³/mol. The Morgan fingerprint density at radius 3 is 2.66 bits per heavy atom. The number of methoxy groups -OCH3 is 1. The van der Waals surface area contributed by atoms with Gasteiger partial charge in [0.15, 0.2) is 11.5 Å². The number of halogens is 1. The molecule has 0 aliphatic carbocycles. The van der Waals surface area contributed by atoms with E-state index >= 15 is 0 Å². The van der Waals surface area contributed by atoms with Crippen molar-refractivity contribution in [3.05, 3.63) is 65.3 Å². The van der Waals surface area contributed by atoms with Gasteiger partial charge < -0.3 is 19.5 Å². The van der Waals surface area contributed by atoms with Crippen LogP contribution in [-0.2, 0) is 0 Å². The molecule has 0 unspecified atom stereocenters. The maximum atomic E-state index is 12.6. The summed E-state index contributed by atoms with van der Waals surface area (Å²) >= 11 is 6.09. The molecule has 0 atom stereocenters. The zero-order valence-corrected chi connectivity index (χ0v) is 16.5. The number of ether oxygens (including phenoxy) is 3. The van der Waals surface area contributed by atoms with Crippen molar-refractivity contribution in [2.45, 2.75) is 6.42 Å². The van der Waals surface area contributed by atoms with Crippen molar-refractivity contribution in [3.63, 3.8) is 0 Å². The molecule has 0 bridgehead atoms. The Kier molecular flexibility index (Phi) is 5.53. The fourth-order valence-electron chi connectivity index (χ4n) is 3.01. The number of hydrogen-bond donors (Lipinski definition) is 1. The number of aromatic nitrogens is 1. The number of carbonyl (C=O) groups is 1. The molecule has 2 aromatic carbocycles. The van der Waals surface area contributed by atoms with E-state index in [-0.39, 0.29) is 5.91 Å². The van der Waals surface area contributed by atoms with Gasteiger partial charge >= 0.3 is 0 Å². The summed E-state index contributed by atoms with van der Waals surface area (Å²) in [7, 11) is 1.59. The quantitative estimate of drug-likeness (QED) is 0.667. The lowest BCUT2D eigenvalue weighted by molar-refractivity contribution is 0.102. The molecule has 4 rings (SSSR count). The highest BCUT2D eigenvalue weighted by Crippen LogP contribution is 2.33. The minimum atomic E-state index is -0.267. The van der Waals surface area contributed by atoms with Gasteiger partial charge in [-0.25, -0.2) is 0 Å². The first kappa shape index (κ1) is 19.1. The molecule has 7 heteroatoms. The van der Waals surface area contributed by atoms with Crippen LogP contribution in [0, 0.1) is 0 Å². The summed E-state index contributed by atoms with van der Waals surface area (Å²) in [6, 6.07) is 14.1. The normalized spacial score (nSPS) is 12.8. The lowest BCUT2D eigenvalue weighted by Gasteiger charge is -2.11. The lowest BCUT2D eigenvalue weighted by Crippen LogP contribution is -2.12. The summed E-state index contributed by atoms with van der Waals surface area (Å²) in [4.78, 5) is 17.0. The highest BCUT2D eigenvalue weighted by Gasteiger charge is 2.14. The van der Waals surface area contributed by atoms with Crippen LogP contribution in [0.15, 0.2) is 54.7 Å². The molecule has 1 amide bonds. The molecule has 0 fully saturated rings. The average molecular weight is 411 g/mol. The maximum Gasteiger partial charge on any atom is 0.257 e. The first-order valence-corrected chi connectivity index (χ1v) is 9.53. The van der Waals surface area contributed by atoms with Crippen LogP contribution in [-0.4, -0.2) is 31.2 Å². The summed E-state index contributed by atoms with van der Waals surface area (Å²) in [6.45, 7) is 1.21. The van der Waals surface area contributed by atoms with E-state index in [1.54, 1.807) is 55.6 Å². The molecule has 6 nitrogen and oxygen atoms in total. The summed E-state index contributed by atoms with van der Waals surface area (Å²) in [5.74, 6) is 1.70. The number of hydrogen-bond acceptors (Lipinski definition) is 5. The molecule has 0 saturated heterocycles. The zero-order chi connectivity index (χ0) is 20.2. The van der Waals surface area contributed by atoms with Gasteiger partial charge in [0, 0.05) is 35.0 Å². The lowest BCUT2D eigenvalue weighted by atomic mass is 10.1. The van der Waals surface area contributed by atoms with Gasteiger partial charge in [-0.3, -0.25) is 9.78 Å². The average Bonchev–Trinajstić information content (AvgIpc) is 2.99. The Balaban J connectivity index is 1.52. The van der Waals surface area contributed by atoms with E-state index in [0.29, 0.717) is 52.4 Å². The SMILES string of the molecule is COc1ccc(Cl)cc1-c1ccc(C(=O)Nc2ccc3c(c2)OCCCO3)cn1. The van der Waals surface area contributed by atoms with Crippen molar-refractivity contribution in [2.75, 3.05) is 25.6 Å². The van der Waals surface area contributed by atoms with Gasteiger partial charge in [0.05, 0.1) is 31.6 Å². The van der Waals surface area contributed by atoms with Crippen LogP contribution in [0.5, 0.6) is 17.2 Å². The van der Waals surface area contributed by atoms with Crippen LogP contribution in [0.25, 0.3) is 11.3 Å². The monoisotopic (exact) mass is 410 g/mol. The Morgan fingerprint density at radius 1 is 1.07 bits per heavy atom. The molecule has 0 spiro atoms. The number of benzene rings is 2. The van der Waals surface area contributed by atoms with E-state index in [2.05, 4.69) is 10.3 Å². The first-order valence-electron chi connectivity index (χ1n) is 9.15. The summed E-state index contributed by atoms with van der Waals surface area (Å²) in [6.07, 6.45) is 2.35. The number of fused-ring (bicyclic) bond motifs is 1. The second kappa shape index (κ2) is 8.41. The van der Waals surface area contributed by atoms with E-state index in [1.165, 1.54) is 6.20 Å². The standard InChI is InChI=1S/C22H19ClN2O4/c1-27-19-7-4-15(23)11-17(19)18-6-3-14(13-24-18)22(26)25-16-5-8-20-21(12-16)29-10-2-9-28-20/h3-8,11-13H,2,9-10H2,1H3,(H,25,26). The summed E-state index contributed by atoms with van der Waals surface area (Å²) in [5, 5.41) is 3.44. The molecule has 1 aliphatic heterocycles. The smallest absolute Gasteiger partial charge is 0.257 e. The molecule has 0 saturated carbocycles. The van der Waals surface area contributed by atoms with Gasteiger partial charge in [0.25, 0.3) is 5.91 Å². The van der Waals surface area contributed by atoms with Crippen molar-refractivity contribution in [2.24, 2.45) is 0 Å². The van der Waals surface area contributed by atoms with Crippen LogP contribution in [0.3, 0.4) is 0 Å². The van der Waals surface area contributed by atoms with Crippen molar-refractivity contribution in [1.82, 2.24) is 4.98 Å². The second-order valence-corrected chi connectivity index (χ2v) is 6.88. The Bertz CT molecular complexity index is 1040. The third-order valence-electron chi connectivity index (χ3n) is 4.47. The number of rotatable bonds is 4. The zero-order valence-electron chi connectivity index (χ0n) is 15.8. The molecule has 0 radical (unpaired) electrons. The number of nitrogens with zero attached hydrogens (tertiary/aromatic N) is 1. The number of anilines is 1. The van der Waals surface area contributed by atoms with Gasteiger partial charge in [0.1, 0.15) is 5.75 Å². The highest BCUT2D eigenvalue weighted by atomic mass is 35.5. The third-order valence-corrected chi connectivity index (χ3v) is 4.70. The number of pyridine rings is 1. The van der Waals surface area contributed by atoms with Crippen LogP contribution in [0.2, 0.25) is 5.02 Å². The molecular weight excluding hydrogens is 392 g/mol. The van der Waals surface area contributed by atoms with Gasteiger partial charge in [-0.05, 0) is 42.5 Å². The van der Waals surface area contributed by atoms with E-state index in [4.69, 9.17) is 25.8 Å². The van der Waals surface area contributed by atoms with Gasteiger partial charge in [-0.2, -0.15) is 0 Å². The Morgan fingerprint density at radius 2 is 1.90 bits per heavy atom. The largest absolute Gasteiger partial charge is 0.496 e. The van der Waals surface area contributed by atoms with Gasteiger partial charge in [-0.1, -0.05) is 11.6 Å². The summed E-state index contributed by atoms with van der Waals surface area (Å²) < 4.78 is 16.6. The van der Waals surface area contributed by atoms with E-state index in [1.807, 2.05) is 0 Å². The summed E-state index contributed by atoms with van der Waals surface area (Å²) in [5.41, 5.74) is 2.48. The number of amides is 1. The molecule has 148 valence electrons. The molecule has 29 heavy (non-hydrogen) atoms. The fourth-order valence-corrected chi connectivity index (χ4v) is 3.18. The minimum Gasteiger partial charge on any atom is -0.496 e. The van der Waals surface area contributed by atoms with Crippen LogP contribution >= 0.6 is 11.6 Å². The number of nitrogens with one attached hydrogen (secondary N) is 1. The predicted octanol–water partition coefficient (Wildman–Crippen LogP) is 4.82. The molecule has 3 aromatic rings. The topological polar surface area (TPSA) is 69.7 Å². The van der Waals surface area contributed by atoms with Gasteiger partial charge in [0.2, 0.25) is 0 Å². The van der Waals surface area contributed by atoms with Crippen LogP contribution in [0.1, 0.15) is 16.8 Å². The van der Waals surface area contributed by atoms with Crippen molar-refractivity contribution in [1.29, 1.82) is 0 Å². The van der Waals surface area contributed by atoms with Crippen molar-refractivity contribution >= 4 is 23.2 Å². The van der Waals surface area contributed by atoms with E-state index in [9.17, 15) is 4.79 Å². The van der Waals surface area contributed by atoms with Crippen LogP contribution < -0.4 is 19.5 Å². The third kappa shape index (κ3) is 4.27. The van der Waals surface area contributed by atoms with E-state index < -0.39 is 0 Å². The highest BCUT2D eigenvalue weighted by molar-refractivity contribution is 6.31. The molecule has 2 heterocycles.